The van der Waals surface area contributed by atoms with Gasteiger partial charge in [-0.05, 0) is 43.4 Å². The summed E-state index contributed by atoms with van der Waals surface area (Å²) in [6, 6.07) is 0. The number of phosphoric acid groups is 2. The number of aliphatic hydroxyl groups excluding tert-OH is 1. The number of hydrogen-bond donors (Lipinski definition) is 3. The predicted molar refractivity (Wildman–Crippen MR) is 418 cm³/mol. The molecule has 3 unspecified atom stereocenters. The molecule has 606 valence electrons. The van der Waals surface area contributed by atoms with Crippen LogP contribution in [0, 0.1) is 17.8 Å². The summed E-state index contributed by atoms with van der Waals surface area (Å²) in [5, 5.41) is 10.7. The van der Waals surface area contributed by atoms with Gasteiger partial charge in [-0.3, -0.25) is 37.3 Å². The molecule has 0 bridgehead atoms. The van der Waals surface area contributed by atoms with Gasteiger partial charge >= 0.3 is 39.5 Å². The number of unbranched alkanes of at least 4 members (excludes halogenated alkanes) is 48. The summed E-state index contributed by atoms with van der Waals surface area (Å²) in [6.45, 7) is 11.9. The lowest BCUT2D eigenvalue weighted by atomic mass is 10.00. The van der Waals surface area contributed by atoms with Crippen molar-refractivity contribution >= 4 is 39.5 Å². The summed E-state index contributed by atoms with van der Waals surface area (Å²) in [5.74, 6) is 0.207. The molecule has 0 heterocycles. The van der Waals surface area contributed by atoms with Gasteiger partial charge < -0.3 is 33.8 Å². The van der Waals surface area contributed by atoms with Gasteiger partial charge in [-0.2, -0.15) is 0 Å². The van der Waals surface area contributed by atoms with Crippen molar-refractivity contribution in [2.45, 2.75) is 452 Å². The highest BCUT2D eigenvalue weighted by Crippen LogP contribution is 2.45. The minimum atomic E-state index is -4.96. The molecule has 3 N–H and O–H groups in total. The number of aliphatic hydroxyl groups is 1. The van der Waals surface area contributed by atoms with Crippen LogP contribution in [-0.2, 0) is 65.4 Å². The maximum atomic E-state index is 13.1. The third-order valence-electron chi connectivity index (χ3n) is 19.7. The average molecular weight is 1490 g/mol. The first-order chi connectivity index (χ1) is 49.3. The minimum absolute atomic E-state index is 0.106. The Hall–Kier alpha value is -1.94. The van der Waals surface area contributed by atoms with E-state index in [9.17, 15) is 43.2 Å². The number of rotatable bonds is 81. The second kappa shape index (κ2) is 73.2. The Morgan fingerprint density at radius 3 is 0.745 bits per heavy atom. The zero-order valence-electron chi connectivity index (χ0n) is 67.1. The fourth-order valence-corrected chi connectivity index (χ4v) is 14.4. The topological polar surface area (TPSA) is 237 Å². The van der Waals surface area contributed by atoms with E-state index in [1.165, 1.54) is 238 Å². The fraction of sp³-hybridized carbons (Fsp3) is 0.952. The summed E-state index contributed by atoms with van der Waals surface area (Å²) >= 11 is 0. The number of hydrogen-bond acceptors (Lipinski definition) is 15. The summed E-state index contributed by atoms with van der Waals surface area (Å²) in [7, 11) is -9.92. The normalized spacial score (nSPS) is 14.2. The summed E-state index contributed by atoms with van der Waals surface area (Å²) in [5.41, 5.74) is 0. The first kappa shape index (κ1) is 100. The van der Waals surface area contributed by atoms with Crippen molar-refractivity contribution in [1.82, 2.24) is 0 Å². The van der Waals surface area contributed by atoms with Crippen molar-refractivity contribution in [3.05, 3.63) is 0 Å². The molecule has 0 aliphatic rings. The number of phosphoric ester groups is 2. The van der Waals surface area contributed by atoms with Gasteiger partial charge in [-0.15, -0.1) is 0 Å². The van der Waals surface area contributed by atoms with Crippen LogP contribution in [0.4, 0.5) is 0 Å². The lowest BCUT2D eigenvalue weighted by Gasteiger charge is -2.21. The molecule has 6 atom stereocenters. The van der Waals surface area contributed by atoms with E-state index in [1.54, 1.807) is 0 Å². The van der Waals surface area contributed by atoms with E-state index in [4.69, 9.17) is 37.0 Å². The van der Waals surface area contributed by atoms with Crippen LogP contribution in [0.5, 0.6) is 0 Å². The first-order valence-corrected chi connectivity index (χ1v) is 45.9. The van der Waals surface area contributed by atoms with Crippen molar-refractivity contribution in [2.75, 3.05) is 39.6 Å². The summed E-state index contributed by atoms with van der Waals surface area (Å²) in [4.78, 5) is 73.1. The maximum Gasteiger partial charge on any atom is 0.472 e. The van der Waals surface area contributed by atoms with Crippen LogP contribution in [0.1, 0.15) is 434 Å². The van der Waals surface area contributed by atoms with Gasteiger partial charge in [0.1, 0.15) is 19.3 Å². The molecule has 17 nitrogen and oxygen atoms in total. The van der Waals surface area contributed by atoms with E-state index < -0.39 is 97.5 Å². The molecule has 0 aliphatic carbocycles. The van der Waals surface area contributed by atoms with E-state index in [-0.39, 0.29) is 25.7 Å². The zero-order chi connectivity index (χ0) is 75.1. The molecule has 0 amide bonds. The predicted octanol–water partition coefficient (Wildman–Crippen LogP) is 24.9. The Kier molecular flexibility index (Phi) is 71.8. The zero-order valence-corrected chi connectivity index (χ0v) is 68.9. The summed E-state index contributed by atoms with van der Waals surface area (Å²) in [6.07, 6.45) is 62.5. The van der Waals surface area contributed by atoms with Crippen LogP contribution < -0.4 is 0 Å². The molecule has 0 rings (SSSR count). The molecule has 0 spiro atoms. The Morgan fingerprint density at radius 1 is 0.284 bits per heavy atom. The largest absolute Gasteiger partial charge is 0.472 e. The molecule has 0 fully saturated rings. The second-order valence-corrected chi connectivity index (χ2v) is 34.0. The van der Waals surface area contributed by atoms with E-state index in [2.05, 4.69) is 48.5 Å². The Balaban J connectivity index is 5.23. The van der Waals surface area contributed by atoms with Gasteiger partial charge in [0, 0.05) is 25.7 Å². The number of ether oxygens (including phenoxy) is 4. The molecular weight excluding hydrogens is 1330 g/mol. The standard InChI is InChI=1S/C83H162O17P2/c1-8-10-11-12-13-14-15-16-17-20-24-27-32-37-42-50-57-64-80(85)93-70-78(99-82(87)66-59-52-43-38-33-28-25-22-19-18-21-23-26-30-35-40-47-54-61-74(3)4)72-97-101(89,90)95-68-77(84)69-96-102(91,92)98-73-79(71-94-81(86)65-58-51-46-45-49-56-63-76(7)9-2)100-83(88)67-60-53-44-39-34-29-31-36-41-48-55-62-75(5)6/h74-79,84H,8-73H2,1-7H3,(H,89,90)(H,91,92)/t76?,77-,78-,79-/m1/s1. The maximum absolute atomic E-state index is 13.1. The molecule has 0 aromatic rings. The molecule has 0 saturated carbocycles. The highest BCUT2D eigenvalue weighted by molar-refractivity contribution is 7.47. The molecule has 0 aliphatic heterocycles. The molecule has 19 heteroatoms. The molecule has 0 aromatic carbocycles. The minimum Gasteiger partial charge on any atom is -0.462 e. The van der Waals surface area contributed by atoms with Gasteiger partial charge in [0.2, 0.25) is 0 Å². The second-order valence-electron chi connectivity index (χ2n) is 31.1. The van der Waals surface area contributed by atoms with Crippen LogP contribution in [0.25, 0.3) is 0 Å². The average Bonchev–Trinajstić information content (AvgIpc) is 0.925. The van der Waals surface area contributed by atoms with Crippen molar-refractivity contribution in [1.29, 1.82) is 0 Å². The Labute approximate surface area is 626 Å². The number of carbonyl (C=O) groups is 4. The van der Waals surface area contributed by atoms with Crippen LogP contribution in [0.3, 0.4) is 0 Å². The van der Waals surface area contributed by atoms with Crippen molar-refractivity contribution in [2.24, 2.45) is 17.8 Å². The lowest BCUT2D eigenvalue weighted by molar-refractivity contribution is -0.161. The van der Waals surface area contributed by atoms with Gasteiger partial charge in [0.15, 0.2) is 12.2 Å². The van der Waals surface area contributed by atoms with Crippen LogP contribution >= 0.6 is 15.6 Å². The Bertz CT molecular complexity index is 1980. The summed E-state index contributed by atoms with van der Waals surface area (Å²) < 4.78 is 68.8. The monoisotopic (exact) mass is 1490 g/mol. The van der Waals surface area contributed by atoms with Crippen LogP contribution in [-0.4, -0.2) is 96.7 Å². The lowest BCUT2D eigenvalue weighted by Crippen LogP contribution is -2.30. The fourth-order valence-electron chi connectivity index (χ4n) is 12.8. The van der Waals surface area contributed by atoms with Gasteiger partial charge in [0.05, 0.1) is 26.4 Å². The highest BCUT2D eigenvalue weighted by Gasteiger charge is 2.30. The van der Waals surface area contributed by atoms with Crippen molar-refractivity contribution in [3.63, 3.8) is 0 Å². The van der Waals surface area contributed by atoms with Gasteiger partial charge in [-0.1, -0.05) is 382 Å². The van der Waals surface area contributed by atoms with Crippen LogP contribution in [0.2, 0.25) is 0 Å². The van der Waals surface area contributed by atoms with E-state index in [0.29, 0.717) is 25.7 Å². The third kappa shape index (κ3) is 74.9. The van der Waals surface area contributed by atoms with Crippen molar-refractivity contribution < 1.29 is 80.2 Å². The van der Waals surface area contributed by atoms with E-state index in [0.717, 1.165) is 114 Å². The SMILES string of the molecule is CCCCCCCCCCCCCCCCCCCC(=O)OC[C@H](COP(=O)(O)OC[C@@H](O)COP(=O)(O)OC[C@@H](COC(=O)CCCCCCCCC(C)CC)OC(=O)CCCCCCCCCCCCCC(C)C)OC(=O)CCCCCCCCCCCCCCCCCCCCC(C)C. The number of esters is 4. The first-order valence-electron chi connectivity index (χ1n) is 42.9. The smallest absolute Gasteiger partial charge is 0.462 e. The molecule has 102 heavy (non-hydrogen) atoms. The quantitative estimate of drug-likeness (QED) is 0.0222. The van der Waals surface area contributed by atoms with E-state index in [1.807, 2.05) is 0 Å². The van der Waals surface area contributed by atoms with Gasteiger partial charge in [-0.25, -0.2) is 9.13 Å². The molecule has 0 saturated heterocycles. The number of carbonyl (C=O) groups excluding carboxylic acids is 4. The molecular formula is C83H162O17P2. The highest BCUT2D eigenvalue weighted by atomic mass is 31.2. The van der Waals surface area contributed by atoms with Gasteiger partial charge in [0.25, 0.3) is 0 Å². The molecule has 0 aromatic heterocycles. The van der Waals surface area contributed by atoms with Crippen molar-refractivity contribution in [3.8, 4) is 0 Å². The Morgan fingerprint density at radius 2 is 0.500 bits per heavy atom. The molecule has 0 radical (unpaired) electrons. The third-order valence-corrected chi connectivity index (χ3v) is 21.6. The van der Waals surface area contributed by atoms with E-state index >= 15 is 0 Å². The van der Waals surface area contributed by atoms with Crippen LogP contribution in [0.15, 0.2) is 0 Å².